The van der Waals surface area contributed by atoms with E-state index in [2.05, 4.69) is 5.32 Å². The van der Waals surface area contributed by atoms with Gasteiger partial charge in [-0.1, -0.05) is 13.0 Å². The summed E-state index contributed by atoms with van der Waals surface area (Å²) in [6.45, 7) is 7.74. The maximum atomic E-state index is 8.96. The Balaban J connectivity index is 2.61. The first-order valence-corrected chi connectivity index (χ1v) is 6.72. The van der Waals surface area contributed by atoms with E-state index in [4.69, 9.17) is 14.6 Å². The van der Waals surface area contributed by atoms with Gasteiger partial charge in [0.15, 0.2) is 11.5 Å². The lowest BCUT2D eigenvalue weighted by molar-refractivity contribution is 0.230. The van der Waals surface area contributed by atoms with Crippen molar-refractivity contribution in [2.45, 2.75) is 33.4 Å². The SMILES string of the molecule is COc1cc(CNCC(C)CO)ccc1OC(C)C. The van der Waals surface area contributed by atoms with Gasteiger partial charge in [0, 0.05) is 19.7 Å². The Morgan fingerprint density at radius 3 is 2.53 bits per heavy atom. The molecular weight excluding hydrogens is 242 g/mol. The van der Waals surface area contributed by atoms with Crippen LogP contribution in [0.3, 0.4) is 0 Å². The number of ether oxygens (including phenoxy) is 2. The average Bonchev–Trinajstić information content (AvgIpc) is 2.39. The van der Waals surface area contributed by atoms with Crippen LogP contribution in [-0.4, -0.2) is 31.5 Å². The van der Waals surface area contributed by atoms with Crippen LogP contribution in [0.1, 0.15) is 26.3 Å². The van der Waals surface area contributed by atoms with Gasteiger partial charge in [0.05, 0.1) is 13.2 Å². The zero-order chi connectivity index (χ0) is 14.3. The molecule has 0 heterocycles. The topological polar surface area (TPSA) is 50.7 Å². The highest BCUT2D eigenvalue weighted by atomic mass is 16.5. The molecule has 4 heteroatoms. The van der Waals surface area contributed by atoms with Gasteiger partial charge in [-0.05, 0) is 37.5 Å². The van der Waals surface area contributed by atoms with Crippen LogP contribution in [0.2, 0.25) is 0 Å². The molecule has 2 N–H and O–H groups in total. The van der Waals surface area contributed by atoms with Gasteiger partial charge in [-0.2, -0.15) is 0 Å². The minimum Gasteiger partial charge on any atom is -0.493 e. The van der Waals surface area contributed by atoms with Crippen LogP contribution in [0.15, 0.2) is 18.2 Å². The van der Waals surface area contributed by atoms with Gasteiger partial charge in [-0.3, -0.25) is 0 Å². The second-order valence-corrected chi connectivity index (χ2v) is 5.07. The Bertz CT molecular complexity index is 380. The number of hydrogen-bond acceptors (Lipinski definition) is 4. The third-order valence-corrected chi connectivity index (χ3v) is 2.72. The fraction of sp³-hybridized carbons (Fsp3) is 0.600. The van der Waals surface area contributed by atoms with E-state index in [1.165, 1.54) is 0 Å². The van der Waals surface area contributed by atoms with Gasteiger partial charge in [0.25, 0.3) is 0 Å². The van der Waals surface area contributed by atoms with Crippen molar-refractivity contribution in [1.29, 1.82) is 0 Å². The Hall–Kier alpha value is -1.26. The van der Waals surface area contributed by atoms with Gasteiger partial charge in [-0.25, -0.2) is 0 Å². The molecular formula is C15H25NO3. The standard InChI is InChI=1S/C15H25NO3/c1-11(2)19-14-6-5-13(7-15(14)18-4)9-16-8-12(3)10-17/h5-7,11-12,16-17H,8-10H2,1-4H3. The molecule has 19 heavy (non-hydrogen) atoms. The van der Waals surface area contributed by atoms with Gasteiger partial charge in [-0.15, -0.1) is 0 Å². The number of methoxy groups -OCH3 is 1. The van der Waals surface area contributed by atoms with Crippen molar-refractivity contribution in [2.75, 3.05) is 20.3 Å². The largest absolute Gasteiger partial charge is 0.493 e. The smallest absolute Gasteiger partial charge is 0.161 e. The number of hydrogen-bond donors (Lipinski definition) is 2. The summed E-state index contributed by atoms with van der Waals surface area (Å²) < 4.78 is 11.0. The van der Waals surface area contributed by atoms with Crippen LogP contribution in [0.5, 0.6) is 11.5 Å². The van der Waals surface area contributed by atoms with E-state index >= 15 is 0 Å². The van der Waals surface area contributed by atoms with E-state index in [0.717, 1.165) is 30.2 Å². The van der Waals surface area contributed by atoms with E-state index in [1.54, 1.807) is 7.11 Å². The molecule has 0 fully saturated rings. The summed E-state index contributed by atoms with van der Waals surface area (Å²) in [6.07, 6.45) is 0.128. The molecule has 0 aliphatic rings. The summed E-state index contributed by atoms with van der Waals surface area (Å²) in [5.74, 6) is 1.79. The van der Waals surface area contributed by atoms with Gasteiger partial charge in [0.1, 0.15) is 0 Å². The van der Waals surface area contributed by atoms with Crippen molar-refractivity contribution in [2.24, 2.45) is 5.92 Å². The van der Waals surface area contributed by atoms with E-state index in [-0.39, 0.29) is 18.6 Å². The van der Waals surface area contributed by atoms with Crippen molar-refractivity contribution in [3.8, 4) is 11.5 Å². The summed E-state index contributed by atoms with van der Waals surface area (Å²) in [6, 6.07) is 5.94. The van der Waals surface area contributed by atoms with Crippen LogP contribution in [0.4, 0.5) is 0 Å². The third-order valence-electron chi connectivity index (χ3n) is 2.72. The molecule has 0 aliphatic carbocycles. The van der Waals surface area contributed by atoms with Crippen LogP contribution in [-0.2, 0) is 6.54 Å². The molecule has 0 radical (unpaired) electrons. The predicted octanol–water partition coefficient (Wildman–Crippen LogP) is 2.20. The molecule has 0 amide bonds. The molecule has 1 aromatic rings. The Kier molecular flexibility index (Phi) is 6.67. The van der Waals surface area contributed by atoms with E-state index < -0.39 is 0 Å². The van der Waals surface area contributed by atoms with Gasteiger partial charge >= 0.3 is 0 Å². The first-order chi connectivity index (χ1) is 9.06. The minimum absolute atomic E-state index is 0.128. The fourth-order valence-electron chi connectivity index (χ4n) is 1.70. The van der Waals surface area contributed by atoms with Crippen molar-refractivity contribution >= 4 is 0 Å². The lowest BCUT2D eigenvalue weighted by Crippen LogP contribution is -2.22. The number of aliphatic hydroxyl groups excluding tert-OH is 1. The average molecular weight is 267 g/mol. The second-order valence-electron chi connectivity index (χ2n) is 5.07. The molecule has 0 saturated heterocycles. The Labute approximate surface area is 115 Å². The molecule has 108 valence electrons. The number of aliphatic hydroxyl groups is 1. The van der Waals surface area contributed by atoms with Crippen LogP contribution in [0, 0.1) is 5.92 Å². The lowest BCUT2D eigenvalue weighted by Gasteiger charge is -2.15. The van der Waals surface area contributed by atoms with Crippen molar-refractivity contribution < 1.29 is 14.6 Å². The van der Waals surface area contributed by atoms with E-state index in [9.17, 15) is 0 Å². The first-order valence-electron chi connectivity index (χ1n) is 6.72. The minimum atomic E-state index is 0.128. The zero-order valence-electron chi connectivity index (χ0n) is 12.3. The highest BCUT2D eigenvalue weighted by molar-refractivity contribution is 5.43. The molecule has 0 saturated carbocycles. The normalized spacial score (nSPS) is 12.5. The van der Waals surface area contributed by atoms with Gasteiger partial charge < -0.3 is 19.9 Å². The van der Waals surface area contributed by atoms with Gasteiger partial charge in [0.2, 0.25) is 0 Å². The highest BCUT2D eigenvalue weighted by Crippen LogP contribution is 2.28. The monoisotopic (exact) mass is 267 g/mol. The molecule has 0 aromatic heterocycles. The summed E-state index contributed by atoms with van der Waals surface area (Å²) in [7, 11) is 1.65. The molecule has 1 atom stereocenters. The molecule has 1 rings (SSSR count). The molecule has 0 bridgehead atoms. The predicted molar refractivity (Wildman–Crippen MR) is 76.7 cm³/mol. The van der Waals surface area contributed by atoms with Crippen LogP contribution >= 0.6 is 0 Å². The summed E-state index contributed by atoms with van der Waals surface area (Å²) in [4.78, 5) is 0. The summed E-state index contributed by atoms with van der Waals surface area (Å²) >= 11 is 0. The third kappa shape index (κ3) is 5.49. The fourth-order valence-corrected chi connectivity index (χ4v) is 1.70. The van der Waals surface area contributed by atoms with Crippen LogP contribution < -0.4 is 14.8 Å². The van der Waals surface area contributed by atoms with Crippen molar-refractivity contribution in [1.82, 2.24) is 5.32 Å². The Morgan fingerprint density at radius 1 is 1.21 bits per heavy atom. The summed E-state index contributed by atoms with van der Waals surface area (Å²) in [5.41, 5.74) is 1.14. The number of nitrogens with one attached hydrogen (secondary N) is 1. The van der Waals surface area contributed by atoms with Crippen molar-refractivity contribution in [3.63, 3.8) is 0 Å². The maximum absolute atomic E-state index is 8.96. The Morgan fingerprint density at radius 2 is 1.95 bits per heavy atom. The van der Waals surface area contributed by atoms with E-state index in [1.807, 2.05) is 39.0 Å². The first kappa shape index (κ1) is 15.8. The molecule has 1 aromatic carbocycles. The highest BCUT2D eigenvalue weighted by Gasteiger charge is 2.07. The molecule has 4 nitrogen and oxygen atoms in total. The number of benzene rings is 1. The van der Waals surface area contributed by atoms with Crippen LogP contribution in [0.25, 0.3) is 0 Å². The lowest BCUT2D eigenvalue weighted by atomic mass is 10.1. The van der Waals surface area contributed by atoms with E-state index in [0.29, 0.717) is 0 Å². The maximum Gasteiger partial charge on any atom is 0.161 e. The molecule has 1 unspecified atom stereocenters. The molecule has 0 spiro atoms. The second kappa shape index (κ2) is 8.02. The summed E-state index contributed by atoms with van der Waals surface area (Å²) in [5, 5.41) is 12.3. The molecule has 0 aliphatic heterocycles. The zero-order valence-corrected chi connectivity index (χ0v) is 12.3. The van der Waals surface area contributed by atoms with Crippen molar-refractivity contribution in [3.05, 3.63) is 23.8 Å². The number of rotatable bonds is 8. The quantitative estimate of drug-likeness (QED) is 0.758.